The molecule has 18 rings (SSSR count). The van der Waals surface area contributed by atoms with Crippen molar-refractivity contribution in [1.29, 1.82) is 0 Å². The zero-order chi connectivity index (χ0) is 68.6. The molecule has 2 aliphatic heterocycles. The summed E-state index contributed by atoms with van der Waals surface area (Å²) in [4.78, 5) is 5.44. The fraction of sp³-hybridized carbons (Fsp3) is 0.125. The van der Waals surface area contributed by atoms with Crippen molar-refractivity contribution < 1.29 is 0 Å². The van der Waals surface area contributed by atoms with Gasteiger partial charge in [-0.15, -0.1) is 0 Å². The molecule has 0 atom stereocenters. The maximum absolute atomic E-state index is 2.73. The first-order chi connectivity index (χ1) is 49.0. The Kier molecular flexibility index (Phi) is 14.3. The van der Waals surface area contributed by atoms with Crippen LogP contribution in [0.5, 0.6) is 0 Å². The van der Waals surface area contributed by atoms with Crippen molar-refractivity contribution in [2.45, 2.75) is 78.6 Å². The zero-order valence-electron chi connectivity index (χ0n) is 58.9. The first-order valence-corrected chi connectivity index (χ1v) is 35.8. The molecule has 4 heterocycles. The highest BCUT2D eigenvalue weighted by Crippen LogP contribution is 2.55. The van der Waals surface area contributed by atoms with E-state index in [2.05, 4.69) is 397 Å². The van der Waals surface area contributed by atoms with Gasteiger partial charge in [-0.2, -0.15) is 0 Å². The van der Waals surface area contributed by atoms with Crippen molar-refractivity contribution in [3.05, 3.63) is 332 Å². The molecule has 486 valence electrons. The van der Waals surface area contributed by atoms with Gasteiger partial charge in [-0.1, -0.05) is 317 Å². The molecule has 14 aromatic carbocycles. The topological polar surface area (TPSA) is 16.3 Å². The van der Waals surface area contributed by atoms with Crippen molar-refractivity contribution in [1.82, 2.24) is 9.13 Å². The molecule has 2 aromatic heterocycles. The molecule has 0 spiro atoms. The maximum Gasteiger partial charge on any atom is 0.252 e. The van der Waals surface area contributed by atoms with Crippen LogP contribution >= 0.6 is 0 Å². The van der Waals surface area contributed by atoms with Crippen LogP contribution in [0, 0.1) is 0 Å². The third kappa shape index (κ3) is 10.1. The fourth-order valence-corrected chi connectivity index (χ4v) is 16.7. The fourth-order valence-electron chi connectivity index (χ4n) is 16.7. The summed E-state index contributed by atoms with van der Waals surface area (Å²) in [7, 11) is 0. The van der Waals surface area contributed by atoms with E-state index in [1.807, 2.05) is 0 Å². The minimum absolute atomic E-state index is 0.0897. The Balaban J connectivity index is 1.05. The molecule has 0 saturated heterocycles. The lowest BCUT2D eigenvalue weighted by Gasteiger charge is -2.46. The van der Waals surface area contributed by atoms with E-state index in [-0.39, 0.29) is 23.0 Å². The molecule has 0 unspecified atom stereocenters. The van der Waals surface area contributed by atoms with E-state index in [0.29, 0.717) is 0 Å². The van der Waals surface area contributed by atoms with Crippen LogP contribution in [0.3, 0.4) is 0 Å². The molecule has 16 aromatic rings. The molecular formula is C96H79BN4. The summed E-state index contributed by atoms with van der Waals surface area (Å²) >= 11 is 0. The Labute approximate surface area is 593 Å². The molecule has 0 fully saturated rings. The van der Waals surface area contributed by atoms with Crippen molar-refractivity contribution in [2.24, 2.45) is 0 Å². The molecule has 2 aliphatic rings. The van der Waals surface area contributed by atoms with Gasteiger partial charge in [0.05, 0.1) is 33.4 Å². The average molecular weight is 1300 g/mol. The third-order valence-electron chi connectivity index (χ3n) is 21.5. The van der Waals surface area contributed by atoms with Crippen LogP contribution in [0.15, 0.2) is 315 Å². The molecule has 4 nitrogen and oxygen atoms in total. The normalized spacial score (nSPS) is 12.9. The Morgan fingerprint density at radius 2 is 0.604 bits per heavy atom. The van der Waals surface area contributed by atoms with Gasteiger partial charge in [0.2, 0.25) is 0 Å². The quantitative estimate of drug-likeness (QED) is 0.134. The Bertz CT molecular complexity index is 5810. The van der Waals surface area contributed by atoms with Crippen LogP contribution in [0.25, 0.3) is 111 Å². The maximum atomic E-state index is 2.73. The van der Waals surface area contributed by atoms with E-state index < -0.39 is 0 Å². The van der Waals surface area contributed by atoms with Gasteiger partial charge in [0.1, 0.15) is 0 Å². The van der Waals surface area contributed by atoms with Crippen LogP contribution in [0.4, 0.5) is 34.1 Å². The molecule has 0 aliphatic carbocycles. The minimum Gasteiger partial charge on any atom is -0.310 e. The summed E-state index contributed by atoms with van der Waals surface area (Å²) in [5.41, 5.74) is 32.3. The third-order valence-corrected chi connectivity index (χ3v) is 21.5. The largest absolute Gasteiger partial charge is 0.310 e. The molecule has 0 amide bonds. The monoisotopic (exact) mass is 1300 g/mol. The smallest absolute Gasteiger partial charge is 0.252 e. The van der Waals surface area contributed by atoms with Gasteiger partial charge in [0.25, 0.3) is 6.71 Å². The summed E-state index contributed by atoms with van der Waals surface area (Å²) in [6.45, 7) is 21.0. The molecule has 5 heteroatoms. The number of aromatic nitrogens is 2. The van der Waals surface area contributed by atoms with E-state index in [1.54, 1.807) is 0 Å². The number of benzene rings is 14. The minimum atomic E-state index is -0.253. The van der Waals surface area contributed by atoms with Crippen molar-refractivity contribution >= 4 is 101 Å². The van der Waals surface area contributed by atoms with E-state index in [4.69, 9.17) is 0 Å². The summed E-state index contributed by atoms with van der Waals surface area (Å²) in [6, 6.07) is 120. The Morgan fingerprint density at radius 3 is 1.00 bits per heavy atom. The van der Waals surface area contributed by atoms with Gasteiger partial charge in [-0.25, -0.2) is 0 Å². The van der Waals surface area contributed by atoms with Crippen molar-refractivity contribution in [2.75, 3.05) is 9.80 Å². The van der Waals surface area contributed by atoms with E-state index in [9.17, 15) is 0 Å². The summed E-state index contributed by atoms with van der Waals surface area (Å²) in [6.07, 6.45) is 0. The number of fused-ring (bicyclic) bond motifs is 10. The second-order valence-corrected chi connectivity index (χ2v) is 30.9. The van der Waals surface area contributed by atoms with Crippen molar-refractivity contribution in [3.63, 3.8) is 0 Å². The first kappa shape index (κ1) is 61.7. The lowest BCUT2D eigenvalue weighted by atomic mass is 9.33. The SMILES string of the molecule is CC(C)(C)c1cccc(-c2cccc(-c3ccccc3)c2N2c3cc(-n4c5ccccc5c5ccccc54)ccc3B3c4ccc(-n5c6ccccc6c6ccccc65)cc4N(c4c(-c5ccccc5)cccc4-c4ccccc4)c4cc(-c5ccc(C(C)(C)C)cc5C(C)(C)C)cc2c43)c1. The summed E-state index contributed by atoms with van der Waals surface area (Å²) < 4.78 is 5.00. The number of nitrogens with zero attached hydrogens (tertiary/aromatic N) is 4. The van der Waals surface area contributed by atoms with Gasteiger partial charge >= 0.3 is 0 Å². The molecule has 0 bridgehead atoms. The zero-order valence-corrected chi connectivity index (χ0v) is 58.9. The summed E-state index contributed by atoms with van der Waals surface area (Å²) in [5.74, 6) is 0. The van der Waals surface area contributed by atoms with E-state index in [1.165, 1.54) is 87.8 Å². The number of anilines is 6. The number of hydrogen-bond acceptors (Lipinski definition) is 2. The summed E-state index contributed by atoms with van der Waals surface area (Å²) in [5, 5.41) is 4.91. The van der Waals surface area contributed by atoms with Crippen LogP contribution in [-0.4, -0.2) is 15.8 Å². The number of hydrogen-bond donors (Lipinski definition) is 0. The molecule has 101 heavy (non-hydrogen) atoms. The predicted molar refractivity (Wildman–Crippen MR) is 432 cm³/mol. The lowest BCUT2D eigenvalue weighted by Crippen LogP contribution is -2.61. The Morgan fingerprint density at radius 1 is 0.248 bits per heavy atom. The molecule has 0 N–H and O–H groups in total. The standard InChI is InChI=1S/C96H79BN4/c1-94(2,3)67-37-27-36-65(56-67)75-45-29-44-74(64-34-17-12-18-35-64)93(75)101-88-61-70(99-85-48-25-21-40-78(85)79-41-22-26-49-86(79)99)52-55-82(88)97-81-54-51-69(98-83-46-23-19-38-76(83)77-39-20-24-47-84(77)98)60-87(81)100(92-72(62-30-13-10-14-31-62)42-28-43-73(92)63-32-15-11-16-33-63)89-57-66(58-90(101)91(89)97)71-53-50-68(95(4,5)6)59-80(71)96(7,8)9/h10-61H,1-9H3. The van der Waals surface area contributed by atoms with Crippen molar-refractivity contribution in [3.8, 4) is 67.0 Å². The molecule has 0 saturated carbocycles. The van der Waals surface area contributed by atoms with Gasteiger partial charge in [-0.05, 0) is 143 Å². The number of para-hydroxylation sites is 6. The van der Waals surface area contributed by atoms with Gasteiger partial charge in [0, 0.05) is 77.9 Å². The van der Waals surface area contributed by atoms with Crippen LogP contribution in [-0.2, 0) is 16.2 Å². The second-order valence-electron chi connectivity index (χ2n) is 30.9. The highest BCUT2D eigenvalue weighted by molar-refractivity contribution is 7.00. The Hall–Kier alpha value is -11.7. The van der Waals surface area contributed by atoms with Gasteiger partial charge in [0.15, 0.2) is 0 Å². The highest BCUT2D eigenvalue weighted by atomic mass is 15.2. The first-order valence-electron chi connectivity index (χ1n) is 35.8. The predicted octanol–water partition coefficient (Wildman–Crippen LogP) is 24.2. The van der Waals surface area contributed by atoms with E-state index in [0.717, 1.165) is 90.0 Å². The van der Waals surface area contributed by atoms with Crippen LogP contribution in [0.2, 0.25) is 0 Å². The molecule has 0 radical (unpaired) electrons. The number of rotatable bonds is 9. The lowest BCUT2D eigenvalue weighted by molar-refractivity contribution is 0.570. The van der Waals surface area contributed by atoms with Gasteiger partial charge < -0.3 is 18.9 Å². The van der Waals surface area contributed by atoms with E-state index >= 15 is 0 Å². The highest BCUT2D eigenvalue weighted by Gasteiger charge is 2.46. The van der Waals surface area contributed by atoms with Crippen LogP contribution < -0.4 is 26.2 Å². The van der Waals surface area contributed by atoms with Gasteiger partial charge in [-0.3, -0.25) is 0 Å². The second kappa shape index (κ2) is 23.5. The molecular weight excluding hydrogens is 1220 g/mol. The average Bonchev–Trinajstić information content (AvgIpc) is 1.09. The van der Waals surface area contributed by atoms with Crippen LogP contribution in [0.1, 0.15) is 79.0 Å².